The molecule has 0 spiro atoms. The normalized spacial score (nSPS) is 11.1. The summed E-state index contributed by atoms with van der Waals surface area (Å²) in [6.07, 6.45) is 0. The van der Waals surface area contributed by atoms with Crippen molar-refractivity contribution in [3.8, 4) is 22.5 Å². The first-order valence-corrected chi connectivity index (χ1v) is 8.73. The van der Waals surface area contributed by atoms with Gasteiger partial charge in [-0.05, 0) is 37.6 Å². The van der Waals surface area contributed by atoms with E-state index in [9.17, 15) is 9.59 Å². The Morgan fingerprint density at radius 1 is 1.07 bits per heavy atom. The van der Waals surface area contributed by atoms with Gasteiger partial charge in [-0.15, -0.1) is 0 Å². The predicted octanol–water partition coefficient (Wildman–Crippen LogP) is 5.05. The van der Waals surface area contributed by atoms with Gasteiger partial charge in [0.2, 0.25) is 5.78 Å². The van der Waals surface area contributed by atoms with E-state index < -0.39 is 11.0 Å². The molecule has 27 heavy (non-hydrogen) atoms. The number of hydrogen-bond acceptors (Lipinski definition) is 4. The zero-order valence-corrected chi connectivity index (χ0v) is 15.4. The molecule has 2 heterocycles. The summed E-state index contributed by atoms with van der Waals surface area (Å²) in [5, 5.41) is 3.78. The number of halogens is 1. The SMILES string of the molecule is Cc1ccc2[nH]c(-c3c(-c4ccccc4)noc3C)c(C(=O)C(=O)Cl)c2c1. The topological polar surface area (TPSA) is 76.0 Å². The summed E-state index contributed by atoms with van der Waals surface area (Å²) in [5.41, 5.74) is 4.48. The molecule has 0 bridgehead atoms. The van der Waals surface area contributed by atoms with E-state index in [1.807, 2.05) is 55.5 Å². The number of ketones is 1. The molecule has 6 heteroatoms. The number of aromatic amines is 1. The number of hydrogen-bond donors (Lipinski definition) is 1. The monoisotopic (exact) mass is 378 g/mol. The van der Waals surface area contributed by atoms with Crippen LogP contribution >= 0.6 is 11.6 Å². The molecule has 134 valence electrons. The van der Waals surface area contributed by atoms with E-state index in [4.69, 9.17) is 16.1 Å². The van der Waals surface area contributed by atoms with Crippen LogP contribution in [0.15, 0.2) is 53.1 Å². The first-order chi connectivity index (χ1) is 13.0. The molecule has 1 N–H and O–H groups in total. The maximum absolute atomic E-state index is 12.7. The van der Waals surface area contributed by atoms with Crippen LogP contribution < -0.4 is 0 Å². The highest BCUT2D eigenvalue weighted by atomic mass is 35.5. The zero-order valence-electron chi connectivity index (χ0n) is 14.7. The van der Waals surface area contributed by atoms with Gasteiger partial charge in [0.1, 0.15) is 11.5 Å². The van der Waals surface area contributed by atoms with Crippen LogP contribution in [-0.4, -0.2) is 21.2 Å². The molecule has 0 aliphatic rings. The molecule has 5 nitrogen and oxygen atoms in total. The van der Waals surface area contributed by atoms with E-state index >= 15 is 0 Å². The quantitative estimate of drug-likeness (QED) is 0.306. The molecular formula is C21H15ClN2O3. The lowest BCUT2D eigenvalue weighted by molar-refractivity contribution is -0.108. The van der Waals surface area contributed by atoms with E-state index in [0.29, 0.717) is 28.1 Å². The van der Waals surface area contributed by atoms with Crippen molar-refractivity contribution in [3.63, 3.8) is 0 Å². The van der Waals surface area contributed by atoms with Crippen molar-refractivity contribution < 1.29 is 14.1 Å². The highest BCUT2D eigenvalue weighted by Gasteiger charge is 2.28. The Hall–Kier alpha value is -3.18. The van der Waals surface area contributed by atoms with Crippen LogP contribution in [0.2, 0.25) is 0 Å². The molecule has 0 atom stereocenters. The van der Waals surface area contributed by atoms with Crippen molar-refractivity contribution in [2.75, 3.05) is 0 Å². The lowest BCUT2D eigenvalue weighted by Gasteiger charge is -2.04. The molecule has 0 amide bonds. The van der Waals surface area contributed by atoms with E-state index in [2.05, 4.69) is 10.1 Å². The largest absolute Gasteiger partial charge is 0.360 e. The standard InChI is InChI=1S/C21H15ClN2O3/c1-11-8-9-15-14(10-11)17(20(25)21(22)26)19(23-15)16-12(2)27-24-18(16)13-6-4-3-5-7-13/h3-10,23H,1-2H3. The van der Waals surface area contributed by atoms with Crippen molar-refractivity contribution >= 4 is 33.5 Å². The number of Topliss-reactive ketones (excluding diaryl/α,β-unsaturated/α-hetero) is 1. The minimum Gasteiger partial charge on any atom is -0.360 e. The third kappa shape index (κ3) is 2.86. The Bertz CT molecular complexity index is 1190. The number of aromatic nitrogens is 2. The molecule has 0 radical (unpaired) electrons. The van der Waals surface area contributed by atoms with Crippen LogP contribution in [0.5, 0.6) is 0 Å². The lowest BCUT2D eigenvalue weighted by Crippen LogP contribution is -2.08. The number of aryl methyl sites for hydroxylation is 2. The van der Waals surface area contributed by atoms with Crippen molar-refractivity contribution in [3.05, 3.63) is 65.4 Å². The Balaban J connectivity index is 2.06. The average Bonchev–Trinajstić information content (AvgIpc) is 3.21. The smallest absolute Gasteiger partial charge is 0.293 e. The van der Waals surface area contributed by atoms with Crippen LogP contribution in [-0.2, 0) is 4.79 Å². The van der Waals surface area contributed by atoms with E-state index in [-0.39, 0.29) is 5.56 Å². The lowest BCUT2D eigenvalue weighted by atomic mass is 9.98. The molecule has 0 aliphatic heterocycles. The highest BCUT2D eigenvalue weighted by Crippen LogP contribution is 2.39. The number of nitrogens with one attached hydrogen (secondary N) is 1. The van der Waals surface area contributed by atoms with Gasteiger partial charge in [0.15, 0.2) is 0 Å². The van der Waals surface area contributed by atoms with Gasteiger partial charge in [-0.25, -0.2) is 0 Å². The van der Waals surface area contributed by atoms with Crippen molar-refractivity contribution in [2.45, 2.75) is 13.8 Å². The van der Waals surface area contributed by atoms with Crippen LogP contribution in [0.25, 0.3) is 33.4 Å². The molecule has 0 aliphatic carbocycles. The van der Waals surface area contributed by atoms with Gasteiger partial charge >= 0.3 is 0 Å². The maximum Gasteiger partial charge on any atom is 0.293 e. The summed E-state index contributed by atoms with van der Waals surface area (Å²) < 4.78 is 5.42. The Morgan fingerprint density at radius 2 is 1.81 bits per heavy atom. The molecule has 0 saturated carbocycles. The second-order valence-electron chi connectivity index (χ2n) is 6.36. The van der Waals surface area contributed by atoms with Gasteiger partial charge < -0.3 is 9.51 Å². The number of H-pyrrole nitrogens is 1. The number of fused-ring (bicyclic) bond motifs is 1. The third-order valence-electron chi connectivity index (χ3n) is 4.52. The molecular weight excluding hydrogens is 364 g/mol. The molecule has 2 aromatic carbocycles. The number of nitrogens with zero attached hydrogens (tertiary/aromatic N) is 1. The number of carbonyl (C=O) groups is 2. The maximum atomic E-state index is 12.7. The number of benzene rings is 2. The van der Waals surface area contributed by atoms with Crippen LogP contribution in [0, 0.1) is 13.8 Å². The zero-order chi connectivity index (χ0) is 19.1. The van der Waals surface area contributed by atoms with Crippen LogP contribution in [0.4, 0.5) is 0 Å². The highest BCUT2D eigenvalue weighted by molar-refractivity contribution is 6.83. The Labute approximate surface area is 159 Å². The first kappa shape index (κ1) is 17.2. The van der Waals surface area contributed by atoms with E-state index in [0.717, 1.165) is 16.6 Å². The van der Waals surface area contributed by atoms with Crippen molar-refractivity contribution in [1.82, 2.24) is 10.1 Å². The summed E-state index contributed by atoms with van der Waals surface area (Å²) in [5.74, 6) is -0.226. The fourth-order valence-corrected chi connectivity index (χ4v) is 3.38. The number of rotatable bonds is 4. The van der Waals surface area contributed by atoms with Gasteiger partial charge in [0.25, 0.3) is 5.24 Å². The molecule has 0 unspecified atom stereocenters. The second-order valence-corrected chi connectivity index (χ2v) is 6.70. The van der Waals surface area contributed by atoms with E-state index in [1.165, 1.54) is 0 Å². The van der Waals surface area contributed by atoms with Gasteiger partial charge in [-0.2, -0.15) is 0 Å². The second kappa shape index (κ2) is 6.52. The fraction of sp³-hybridized carbons (Fsp3) is 0.0952. The fourth-order valence-electron chi connectivity index (χ4n) is 3.29. The number of carbonyl (C=O) groups excluding carboxylic acids is 2. The molecule has 2 aromatic heterocycles. The average molecular weight is 379 g/mol. The van der Waals surface area contributed by atoms with Gasteiger partial charge in [-0.3, -0.25) is 9.59 Å². The summed E-state index contributed by atoms with van der Waals surface area (Å²) in [4.78, 5) is 27.6. The summed E-state index contributed by atoms with van der Waals surface area (Å²) in [7, 11) is 0. The molecule has 4 aromatic rings. The molecule has 4 rings (SSSR count). The van der Waals surface area contributed by atoms with Gasteiger partial charge in [0, 0.05) is 16.5 Å². The van der Waals surface area contributed by atoms with Gasteiger partial charge in [0.05, 0.1) is 16.8 Å². The van der Waals surface area contributed by atoms with E-state index in [1.54, 1.807) is 6.92 Å². The Morgan fingerprint density at radius 3 is 2.52 bits per heavy atom. The Kier molecular flexibility index (Phi) is 4.16. The first-order valence-electron chi connectivity index (χ1n) is 8.36. The third-order valence-corrected chi connectivity index (χ3v) is 4.69. The molecule has 0 fully saturated rings. The summed E-state index contributed by atoms with van der Waals surface area (Å²) in [6, 6.07) is 15.2. The van der Waals surface area contributed by atoms with Crippen molar-refractivity contribution in [2.24, 2.45) is 0 Å². The molecule has 0 saturated heterocycles. The minimum absolute atomic E-state index is 0.234. The van der Waals surface area contributed by atoms with Crippen molar-refractivity contribution in [1.29, 1.82) is 0 Å². The summed E-state index contributed by atoms with van der Waals surface area (Å²) in [6.45, 7) is 3.69. The van der Waals surface area contributed by atoms with Gasteiger partial charge in [-0.1, -0.05) is 47.1 Å². The van der Waals surface area contributed by atoms with Crippen LogP contribution in [0.3, 0.4) is 0 Å². The summed E-state index contributed by atoms with van der Waals surface area (Å²) >= 11 is 5.55. The van der Waals surface area contributed by atoms with Crippen LogP contribution in [0.1, 0.15) is 21.7 Å². The minimum atomic E-state index is -1.03. The predicted molar refractivity (Wildman–Crippen MR) is 104 cm³/mol.